The van der Waals surface area contributed by atoms with Gasteiger partial charge in [-0.3, -0.25) is 4.79 Å². The average molecular weight is 381 g/mol. The molecular formula is C25H23N3O. The number of hydrogen-bond donors (Lipinski definition) is 0. The molecule has 0 spiro atoms. The van der Waals surface area contributed by atoms with E-state index < -0.39 is 0 Å². The average Bonchev–Trinajstić information content (AvgIpc) is 2.79. The van der Waals surface area contributed by atoms with E-state index in [0.29, 0.717) is 18.7 Å². The van der Waals surface area contributed by atoms with Gasteiger partial charge in [-0.05, 0) is 49.4 Å². The minimum atomic E-state index is 0.0599. The van der Waals surface area contributed by atoms with Gasteiger partial charge in [0.2, 0.25) is 0 Å². The summed E-state index contributed by atoms with van der Waals surface area (Å²) in [7, 11) is 0. The van der Waals surface area contributed by atoms with Crippen LogP contribution in [0.1, 0.15) is 27.0 Å². The molecule has 4 heteroatoms. The summed E-state index contributed by atoms with van der Waals surface area (Å²) in [5, 5.41) is 0. The van der Waals surface area contributed by atoms with Gasteiger partial charge in [0.15, 0.2) is 0 Å². The maximum Gasteiger partial charge on any atom is 0.254 e. The zero-order valence-corrected chi connectivity index (χ0v) is 16.5. The highest BCUT2D eigenvalue weighted by atomic mass is 16.2. The summed E-state index contributed by atoms with van der Waals surface area (Å²) in [5.74, 6) is 7.36. The number of piperazine rings is 1. The third kappa shape index (κ3) is 4.64. The number of anilines is 1. The lowest BCUT2D eigenvalue weighted by Crippen LogP contribution is -2.49. The first-order valence-corrected chi connectivity index (χ1v) is 9.83. The van der Waals surface area contributed by atoms with Gasteiger partial charge >= 0.3 is 0 Å². The Hall–Kier alpha value is -3.58. The van der Waals surface area contributed by atoms with Gasteiger partial charge in [-0.2, -0.15) is 0 Å². The molecule has 1 aliphatic rings. The second-order valence-corrected chi connectivity index (χ2v) is 7.16. The lowest BCUT2D eigenvalue weighted by atomic mass is 10.1. The van der Waals surface area contributed by atoms with Crippen molar-refractivity contribution in [2.24, 2.45) is 0 Å². The van der Waals surface area contributed by atoms with Crippen molar-refractivity contribution in [3.8, 4) is 11.8 Å². The maximum atomic E-state index is 13.0. The number of pyridine rings is 1. The first-order chi connectivity index (χ1) is 14.2. The minimum absolute atomic E-state index is 0.0599. The lowest BCUT2D eigenvalue weighted by Gasteiger charge is -2.35. The van der Waals surface area contributed by atoms with Crippen molar-refractivity contribution in [1.82, 2.24) is 9.88 Å². The van der Waals surface area contributed by atoms with Crippen LogP contribution in [0.25, 0.3) is 0 Å². The van der Waals surface area contributed by atoms with Crippen LogP contribution >= 0.6 is 0 Å². The predicted molar refractivity (Wildman–Crippen MR) is 116 cm³/mol. The standard InChI is InChI=1S/C25H23N3O/c1-20-8-10-21(11-9-20)12-13-22-5-4-6-23(19-22)25(29)28-17-15-27(16-18-28)24-7-2-3-14-26-24/h2-11,14,19H,15-18H2,1H3. The van der Waals surface area contributed by atoms with Crippen LogP contribution in [0, 0.1) is 18.8 Å². The number of benzene rings is 2. The van der Waals surface area contributed by atoms with Crippen molar-refractivity contribution in [3.05, 3.63) is 95.2 Å². The van der Waals surface area contributed by atoms with Crippen molar-refractivity contribution in [1.29, 1.82) is 0 Å². The molecule has 0 aliphatic carbocycles. The number of carbonyl (C=O) groups excluding carboxylic acids is 1. The van der Waals surface area contributed by atoms with Crippen molar-refractivity contribution in [2.75, 3.05) is 31.1 Å². The van der Waals surface area contributed by atoms with Crippen LogP contribution in [0.4, 0.5) is 5.82 Å². The molecule has 0 N–H and O–H groups in total. The summed E-state index contributed by atoms with van der Waals surface area (Å²) >= 11 is 0. The summed E-state index contributed by atoms with van der Waals surface area (Å²) in [5.41, 5.74) is 3.72. The van der Waals surface area contributed by atoms with Crippen LogP contribution < -0.4 is 4.90 Å². The van der Waals surface area contributed by atoms with E-state index >= 15 is 0 Å². The van der Waals surface area contributed by atoms with E-state index in [2.05, 4.69) is 40.8 Å². The lowest BCUT2D eigenvalue weighted by molar-refractivity contribution is 0.0746. The van der Waals surface area contributed by atoms with Crippen molar-refractivity contribution >= 4 is 11.7 Å². The van der Waals surface area contributed by atoms with E-state index in [1.165, 1.54) is 5.56 Å². The summed E-state index contributed by atoms with van der Waals surface area (Å²) < 4.78 is 0. The molecule has 1 fully saturated rings. The van der Waals surface area contributed by atoms with Crippen LogP contribution in [0.15, 0.2) is 72.9 Å². The fourth-order valence-electron chi connectivity index (χ4n) is 3.37. The van der Waals surface area contributed by atoms with Crippen LogP contribution in [-0.4, -0.2) is 42.0 Å². The van der Waals surface area contributed by atoms with Gasteiger partial charge in [-0.25, -0.2) is 4.98 Å². The second kappa shape index (κ2) is 8.62. The quantitative estimate of drug-likeness (QED) is 0.635. The topological polar surface area (TPSA) is 36.4 Å². The van der Waals surface area contributed by atoms with E-state index in [-0.39, 0.29) is 5.91 Å². The molecule has 1 aromatic heterocycles. The van der Waals surface area contributed by atoms with Gasteiger partial charge in [0.1, 0.15) is 5.82 Å². The second-order valence-electron chi connectivity index (χ2n) is 7.16. The van der Waals surface area contributed by atoms with E-state index in [1.807, 2.05) is 59.5 Å². The maximum absolute atomic E-state index is 13.0. The van der Waals surface area contributed by atoms with Crippen LogP contribution in [0.2, 0.25) is 0 Å². The van der Waals surface area contributed by atoms with E-state index in [1.54, 1.807) is 6.20 Å². The molecule has 29 heavy (non-hydrogen) atoms. The molecule has 2 aromatic carbocycles. The van der Waals surface area contributed by atoms with Crippen molar-refractivity contribution < 1.29 is 4.79 Å². The molecule has 3 aromatic rings. The molecule has 1 aliphatic heterocycles. The number of carbonyl (C=O) groups is 1. The molecule has 144 valence electrons. The third-order valence-corrected chi connectivity index (χ3v) is 5.05. The number of aryl methyl sites for hydroxylation is 1. The molecule has 1 saturated heterocycles. The molecule has 2 heterocycles. The SMILES string of the molecule is Cc1ccc(C#Cc2cccc(C(=O)N3CCN(c4ccccn4)CC3)c2)cc1. The fourth-order valence-corrected chi connectivity index (χ4v) is 3.37. The van der Waals surface area contributed by atoms with Crippen LogP contribution in [0.5, 0.6) is 0 Å². The van der Waals surface area contributed by atoms with Crippen molar-refractivity contribution in [2.45, 2.75) is 6.92 Å². The zero-order chi connectivity index (χ0) is 20.1. The minimum Gasteiger partial charge on any atom is -0.353 e. The fraction of sp³-hybridized carbons (Fsp3) is 0.200. The largest absolute Gasteiger partial charge is 0.353 e. The van der Waals surface area contributed by atoms with E-state index in [9.17, 15) is 4.79 Å². The highest BCUT2D eigenvalue weighted by molar-refractivity contribution is 5.94. The zero-order valence-electron chi connectivity index (χ0n) is 16.5. The van der Waals surface area contributed by atoms with Gasteiger partial charge < -0.3 is 9.80 Å². The van der Waals surface area contributed by atoms with Crippen molar-refractivity contribution in [3.63, 3.8) is 0 Å². The van der Waals surface area contributed by atoms with E-state index in [0.717, 1.165) is 30.0 Å². The first kappa shape index (κ1) is 18.8. The Morgan fingerprint density at radius 3 is 2.34 bits per heavy atom. The molecule has 1 amide bonds. The summed E-state index contributed by atoms with van der Waals surface area (Å²) in [6.45, 7) is 5.01. The smallest absolute Gasteiger partial charge is 0.254 e. The molecule has 0 bridgehead atoms. The van der Waals surface area contributed by atoms with Crippen LogP contribution in [-0.2, 0) is 0 Å². The molecule has 4 rings (SSSR count). The normalized spacial score (nSPS) is 13.6. The summed E-state index contributed by atoms with van der Waals surface area (Å²) in [4.78, 5) is 21.5. The van der Waals surface area contributed by atoms with Gasteiger partial charge in [0.05, 0.1) is 0 Å². The highest BCUT2D eigenvalue weighted by Crippen LogP contribution is 2.15. The number of hydrogen-bond acceptors (Lipinski definition) is 3. The van der Waals surface area contributed by atoms with Gasteiger partial charge in [-0.1, -0.05) is 41.7 Å². The Labute approximate surface area is 171 Å². The molecule has 0 saturated carbocycles. The Morgan fingerprint density at radius 2 is 1.62 bits per heavy atom. The Balaban J connectivity index is 1.42. The Kier molecular flexibility index (Phi) is 5.58. The highest BCUT2D eigenvalue weighted by Gasteiger charge is 2.22. The number of nitrogens with zero attached hydrogens (tertiary/aromatic N) is 3. The van der Waals surface area contributed by atoms with Crippen LogP contribution in [0.3, 0.4) is 0 Å². The molecule has 4 nitrogen and oxygen atoms in total. The van der Waals surface area contributed by atoms with E-state index in [4.69, 9.17) is 0 Å². The number of amides is 1. The summed E-state index contributed by atoms with van der Waals surface area (Å²) in [6, 6.07) is 21.6. The molecule has 0 radical (unpaired) electrons. The number of aromatic nitrogens is 1. The molecule has 0 atom stereocenters. The molecular weight excluding hydrogens is 358 g/mol. The van der Waals surface area contributed by atoms with Gasteiger partial charge in [0.25, 0.3) is 5.91 Å². The van der Waals surface area contributed by atoms with Gasteiger partial charge in [0, 0.05) is 49.1 Å². The Morgan fingerprint density at radius 1 is 0.862 bits per heavy atom. The summed E-state index contributed by atoms with van der Waals surface area (Å²) in [6.07, 6.45) is 1.80. The predicted octanol–water partition coefficient (Wildman–Crippen LogP) is 3.75. The molecule has 0 unspecified atom stereocenters. The first-order valence-electron chi connectivity index (χ1n) is 9.83. The third-order valence-electron chi connectivity index (χ3n) is 5.05. The monoisotopic (exact) mass is 381 g/mol. The Bertz CT molecular complexity index is 1040. The number of rotatable bonds is 2. The van der Waals surface area contributed by atoms with Gasteiger partial charge in [-0.15, -0.1) is 0 Å².